The van der Waals surface area contributed by atoms with Crippen LogP contribution in [0.4, 0.5) is 23.2 Å². The van der Waals surface area contributed by atoms with Crippen molar-refractivity contribution < 1.29 is 32.5 Å². The zero-order chi connectivity index (χ0) is 24.8. The molecule has 34 heavy (non-hydrogen) atoms. The maximum atomic E-state index is 15.0. The molecule has 3 aromatic rings. The van der Waals surface area contributed by atoms with Crippen LogP contribution in [0.15, 0.2) is 41.2 Å². The number of nitrogens with one attached hydrogen (secondary N) is 2. The second-order valence-electron chi connectivity index (χ2n) is 8.79. The van der Waals surface area contributed by atoms with Gasteiger partial charge in [0.05, 0.1) is 18.7 Å². The SMILES string of the molecule is COc1ccc(C(Nc2cc(F)cc3[nH]c(=O)ccc23)C(O)(CC2CC2)C(C)(F)F)c(O)c1F. The number of methoxy groups -OCH3 is 1. The lowest BCUT2D eigenvalue weighted by Crippen LogP contribution is -2.53. The molecule has 0 saturated heterocycles. The van der Waals surface area contributed by atoms with Gasteiger partial charge in [0.1, 0.15) is 5.82 Å². The number of rotatable bonds is 8. The fourth-order valence-electron chi connectivity index (χ4n) is 4.23. The molecule has 4 rings (SSSR count). The molecule has 1 aliphatic carbocycles. The number of hydrogen-bond acceptors (Lipinski definition) is 5. The smallest absolute Gasteiger partial charge is 0.275 e. The molecule has 182 valence electrons. The lowest BCUT2D eigenvalue weighted by molar-refractivity contribution is -0.185. The standard InChI is InChI=1S/C24H24F4N2O4/c1-23(27,28)24(33,11-12-3-4-12)22(15-5-7-18(34-2)20(26)21(15)32)30-17-10-13(25)9-16-14(17)6-8-19(31)29-16/h5-10,12,22,30,32-33H,3-4,11H2,1-2H3,(H,29,31). The Kier molecular flexibility index (Phi) is 5.97. The third kappa shape index (κ3) is 4.29. The minimum Gasteiger partial charge on any atom is -0.504 e. The second kappa shape index (κ2) is 8.50. The van der Waals surface area contributed by atoms with E-state index in [4.69, 9.17) is 4.74 Å². The Labute approximate surface area is 192 Å². The molecule has 2 aromatic carbocycles. The zero-order valence-electron chi connectivity index (χ0n) is 18.5. The Morgan fingerprint density at radius 3 is 2.53 bits per heavy atom. The van der Waals surface area contributed by atoms with Gasteiger partial charge < -0.3 is 25.3 Å². The van der Waals surface area contributed by atoms with Crippen LogP contribution < -0.4 is 15.6 Å². The lowest BCUT2D eigenvalue weighted by Gasteiger charge is -2.42. The van der Waals surface area contributed by atoms with E-state index in [0.29, 0.717) is 19.8 Å². The van der Waals surface area contributed by atoms with Crippen molar-refractivity contribution in [3.63, 3.8) is 0 Å². The van der Waals surface area contributed by atoms with E-state index < -0.39 is 40.5 Å². The molecule has 1 saturated carbocycles. The minimum atomic E-state index is -3.70. The van der Waals surface area contributed by atoms with Crippen LogP contribution >= 0.6 is 0 Å². The molecule has 10 heteroatoms. The average Bonchev–Trinajstić information content (AvgIpc) is 3.56. The van der Waals surface area contributed by atoms with Crippen LogP contribution in [0.1, 0.15) is 37.8 Å². The average molecular weight is 480 g/mol. The molecule has 0 amide bonds. The topological polar surface area (TPSA) is 94.6 Å². The molecule has 0 spiro atoms. The van der Waals surface area contributed by atoms with Crippen molar-refractivity contribution in [2.24, 2.45) is 5.92 Å². The van der Waals surface area contributed by atoms with Crippen LogP contribution in [0.5, 0.6) is 11.5 Å². The van der Waals surface area contributed by atoms with Gasteiger partial charge in [-0.05, 0) is 42.7 Å². The molecule has 0 radical (unpaired) electrons. The van der Waals surface area contributed by atoms with Crippen molar-refractivity contribution in [2.75, 3.05) is 12.4 Å². The third-order valence-corrected chi connectivity index (χ3v) is 6.28. The number of pyridine rings is 1. The highest BCUT2D eigenvalue weighted by Crippen LogP contribution is 2.51. The summed E-state index contributed by atoms with van der Waals surface area (Å²) < 4.78 is 63.9. The molecule has 6 nitrogen and oxygen atoms in total. The molecule has 4 N–H and O–H groups in total. The predicted octanol–water partition coefficient (Wildman–Crippen LogP) is 4.86. The van der Waals surface area contributed by atoms with Crippen LogP contribution in [-0.4, -0.2) is 33.8 Å². The monoisotopic (exact) mass is 480 g/mol. The van der Waals surface area contributed by atoms with Crippen LogP contribution in [-0.2, 0) is 0 Å². The molecule has 0 bridgehead atoms. The van der Waals surface area contributed by atoms with Gasteiger partial charge in [-0.3, -0.25) is 4.79 Å². The summed E-state index contributed by atoms with van der Waals surface area (Å²) in [6, 6.07) is 5.17. The first-order chi connectivity index (χ1) is 15.9. The van der Waals surface area contributed by atoms with E-state index in [-0.39, 0.29) is 40.2 Å². The molecule has 2 atom stereocenters. The minimum absolute atomic E-state index is 0.0367. The number of H-pyrrole nitrogens is 1. The third-order valence-electron chi connectivity index (χ3n) is 6.28. The normalized spacial score (nSPS) is 16.8. The van der Waals surface area contributed by atoms with Gasteiger partial charge in [0.2, 0.25) is 11.4 Å². The highest BCUT2D eigenvalue weighted by Gasteiger charge is 2.57. The van der Waals surface area contributed by atoms with Crippen molar-refractivity contribution in [1.82, 2.24) is 4.98 Å². The van der Waals surface area contributed by atoms with E-state index in [0.717, 1.165) is 18.2 Å². The quantitative estimate of drug-likeness (QED) is 0.346. The lowest BCUT2D eigenvalue weighted by atomic mass is 9.79. The van der Waals surface area contributed by atoms with Gasteiger partial charge in [-0.1, -0.05) is 12.8 Å². The number of phenols is 1. The molecule has 0 aliphatic heterocycles. The van der Waals surface area contributed by atoms with E-state index in [9.17, 15) is 23.8 Å². The molecule has 2 unspecified atom stereocenters. The number of aromatic hydroxyl groups is 1. The summed E-state index contributed by atoms with van der Waals surface area (Å²) in [5.74, 6) is -7.16. The van der Waals surface area contributed by atoms with Crippen molar-refractivity contribution in [3.05, 3.63) is 63.9 Å². The Bertz CT molecular complexity index is 1290. The number of anilines is 1. The molecular formula is C24H24F4N2O4. The van der Waals surface area contributed by atoms with Gasteiger partial charge in [-0.15, -0.1) is 0 Å². The number of benzene rings is 2. The van der Waals surface area contributed by atoms with Crippen molar-refractivity contribution >= 4 is 16.6 Å². The number of hydrogen-bond donors (Lipinski definition) is 4. The van der Waals surface area contributed by atoms with Crippen LogP contribution in [0.3, 0.4) is 0 Å². The fourth-order valence-corrected chi connectivity index (χ4v) is 4.23. The first-order valence-electron chi connectivity index (χ1n) is 10.7. The Balaban J connectivity index is 1.93. The number of phenolic OH excluding ortho intramolecular Hbond substituents is 1. The zero-order valence-corrected chi connectivity index (χ0v) is 18.5. The summed E-state index contributed by atoms with van der Waals surface area (Å²) in [5.41, 5.74) is -3.59. The molecular weight excluding hydrogens is 456 g/mol. The van der Waals surface area contributed by atoms with E-state index in [1.165, 1.54) is 25.3 Å². The van der Waals surface area contributed by atoms with E-state index in [1.54, 1.807) is 0 Å². The van der Waals surface area contributed by atoms with Gasteiger partial charge >= 0.3 is 0 Å². The van der Waals surface area contributed by atoms with Gasteiger partial charge in [0, 0.05) is 29.6 Å². The van der Waals surface area contributed by atoms with Crippen LogP contribution in [0.2, 0.25) is 0 Å². The van der Waals surface area contributed by atoms with E-state index in [1.807, 2.05) is 0 Å². The summed E-state index contributed by atoms with van der Waals surface area (Å²) >= 11 is 0. The van der Waals surface area contributed by atoms with Gasteiger partial charge in [0.15, 0.2) is 17.1 Å². The number of aliphatic hydroxyl groups is 1. The fraction of sp³-hybridized carbons (Fsp3) is 0.375. The Hall–Kier alpha value is -3.27. The van der Waals surface area contributed by atoms with Crippen molar-refractivity contribution in [3.8, 4) is 11.5 Å². The van der Waals surface area contributed by atoms with E-state index >= 15 is 8.78 Å². The number of ether oxygens (including phenoxy) is 1. The van der Waals surface area contributed by atoms with Crippen molar-refractivity contribution in [1.29, 1.82) is 0 Å². The summed E-state index contributed by atoms with van der Waals surface area (Å²) in [6.45, 7) is 0.544. The number of aromatic amines is 1. The first-order valence-corrected chi connectivity index (χ1v) is 10.7. The van der Waals surface area contributed by atoms with Gasteiger partial charge in [-0.2, -0.15) is 4.39 Å². The number of fused-ring (bicyclic) bond motifs is 1. The molecule has 1 fully saturated rings. The number of alkyl halides is 2. The molecule has 1 aromatic heterocycles. The second-order valence-corrected chi connectivity index (χ2v) is 8.79. The van der Waals surface area contributed by atoms with Crippen molar-refractivity contribution in [2.45, 2.75) is 43.8 Å². The number of halogens is 4. The summed E-state index contributed by atoms with van der Waals surface area (Å²) in [4.78, 5) is 14.1. The van der Waals surface area contributed by atoms with Crippen LogP contribution in [0.25, 0.3) is 10.9 Å². The highest BCUT2D eigenvalue weighted by molar-refractivity contribution is 5.91. The maximum Gasteiger partial charge on any atom is 0.275 e. The van der Waals surface area contributed by atoms with Gasteiger partial charge in [-0.25, -0.2) is 13.2 Å². The number of aromatic nitrogens is 1. The molecule has 1 aliphatic rings. The van der Waals surface area contributed by atoms with E-state index in [2.05, 4.69) is 10.3 Å². The van der Waals surface area contributed by atoms with Gasteiger partial charge in [0.25, 0.3) is 5.92 Å². The largest absolute Gasteiger partial charge is 0.504 e. The first kappa shape index (κ1) is 23.9. The van der Waals surface area contributed by atoms with Crippen LogP contribution in [0, 0.1) is 17.6 Å². The Morgan fingerprint density at radius 2 is 1.91 bits per heavy atom. The summed E-state index contributed by atoms with van der Waals surface area (Å²) in [6.07, 6.45) is 0.932. The predicted molar refractivity (Wildman–Crippen MR) is 118 cm³/mol. The maximum absolute atomic E-state index is 15.0. The highest BCUT2D eigenvalue weighted by atomic mass is 19.3. The summed E-state index contributed by atoms with van der Waals surface area (Å²) in [5, 5.41) is 25.0. The summed E-state index contributed by atoms with van der Waals surface area (Å²) in [7, 11) is 1.18. The molecule has 1 heterocycles. The Morgan fingerprint density at radius 1 is 1.21 bits per heavy atom.